The van der Waals surface area contributed by atoms with Crippen molar-refractivity contribution < 1.29 is 4.42 Å². The third kappa shape index (κ3) is 1.68. The van der Waals surface area contributed by atoms with Gasteiger partial charge in [-0.2, -0.15) is 5.10 Å². The van der Waals surface area contributed by atoms with E-state index in [-0.39, 0.29) is 5.63 Å². The summed E-state index contributed by atoms with van der Waals surface area (Å²) in [7, 11) is 0. The predicted molar refractivity (Wildman–Crippen MR) is 71.6 cm³/mol. The van der Waals surface area contributed by atoms with Crippen LogP contribution in [0, 0.1) is 0 Å². The number of aromatic nitrogens is 2. The Hall–Kier alpha value is -2.36. The number of hydrogen-bond acceptors (Lipinski definition) is 3. The first-order valence-electron chi connectivity index (χ1n) is 6.42. The summed E-state index contributed by atoms with van der Waals surface area (Å²) in [5, 5.41) is 5.53. The highest BCUT2D eigenvalue weighted by Gasteiger charge is 2.14. The predicted octanol–water partition coefficient (Wildman–Crippen LogP) is 2.47. The van der Waals surface area contributed by atoms with E-state index in [1.165, 1.54) is 18.2 Å². The summed E-state index contributed by atoms with van der Waals surface area (Å²) in [5.74, 6) is 0. The van der Waals surface area contributed by atoms with Crippen molar-refractivity contribution in [1.29, 1.82) is 0 Å². The fourth-order valence-electron chi connectivity index (χ4n) is 2.64. The number of fused-ring (bicyclic) bond motifs is 3. The van der Waals surface area contributed by atoms with Crippen molar-refractivity contribution in [2.24, 2.45) is 0 Å². The quantitative estimate of drug-likeness (QED) is 0.625. The molecule has 0 unspecified atom stereocenters. The van der Waals surface area contributed by atoms with Crippen molar-refractivity contribution in [1.82, 2.24) is 9.78 Å². The molecule has 1 aliphatic rings. The second-order valence-electron chi connectivity index (χ2n) is 4.87. The lowest BCUT2D eigenvalue weighted by molar-refractivity contribution is 0.561. The molecule has 4 heteroatoms. The van der Waals surface area contributed by atoms with Gasteiger partial charge in [0.25, 0.3) is 0 Å². The van der Waals surface area contributed by atoms with Crippen LogP contribution in [0.2, 0.25) is 0 Å². The Morgan fingerprint density at radius 1 is 1.11 bits per heavy atom. The van der Waals surface area contributed by atoms with Gasteiger partial charge >= 0.3 is 5.63 Å². The normalized spacial score (nSPS) is 13.9. The summed E-state index contributed by atoms with van der Waals surface area (Å²) >= 11 is 0. The molecule has 0 atom stereocenters. The number of nitrogens with zero attached hydrogens (tertiary/aromatic N) is 2. The zero-order valence-electron chi connectivity index (χ0n) is 10.3. The van der Waals surface area contributed by atoms with Gasteiger partial charge in [0.2, 0.25) is 0 Å². The van der Waals surface area contributed by atoms with Crippen LogP contribution in [0.4, 0.5) is 0 Å². The largest absolute Gasteiger partial charge is 0.423 e. The molecule has 0 spiro atoms. The Kier molecular flexibility index (Phi) is 2.12. The van der Waals surface area contributed by atoms with Crippen molar-refractivity contribution >= 4 is 11.0 Å². The lowest BCUT2D eigenvalue weighted by atomic mass is 10.1. The highest BCUT2D eigenvalue weighted by Crippen LogP contribution is 2.22. The molecule has 0 saturated carbocycles. The molecule has 0 N–H and O–H groups in total. The summed E-state index contributed by atoms with van der Waals surface area (Å²) < 4.78 is 7.13. The van der Waals surface area contributed by atoms with Crippen molar-refractivity contribution in [3.05, 3.63) is 58.2 Å². The molecule has 2 aromatic heterocycles. The number of aryl methyl sites for hydroxylation is 2. The van der Waals surface area contributed by atoms with E-state index in [1.54, 1.807) is 6.07 Å². The van der Waals surface area contributed by atoms with Gasteiger partial charge in [0, 0.05) is 17.1 Å². The van der Waals surface area contributed by atoms with Crippen LogP contribution in [-0.4, -0.2) is 9.78 Å². The van der Waals surface area contributed by atoms with Crippen LogP contribution in [0.15, 0.2) is 45.6 Å². The van der Waals surface area contributed by atoms with Crippen molar-refractivity contribution in [2.45, 2.75) is 19.3 Å². The van der Waals surface area contributed by atoms with Crippen LogP contribution in [0.25, 0.3) is 16.7 Å². The summed E-state index contributed by atoms with van der Waals surface area (Å²) in [5.41, 5.74) is 3.71. The second-order valence-corrected chi connectivity index (χ2v) is 4.87. The molecular formula is C15H12N2O2. The fraction of sp³-hybridized carbons (Fsp3) is 0.200. The maximum Gasteiger partial charge on any atom is 0.336 e. The first kappa shape index (κ1) is 10.6. The van der Waals surface area contributed by atoms with E-state index in [9.17, 15) is 4.79 Å². The van der Waals surface area contributed by atoms with E-state index in [0.717, 1.165) is 29.6 Å². The summed E-state index contributed by atoms with van der Waals surface area (Å²) in [6.45, 7) is 0. The lowest BCUT2D eigenvalue weighted by Crippen LogP contribution is -2.01. The zero-order chi connectivity index (χ0) is 12.8. The molecule has 3 aromatic rings. The molecule has 0 amide bonds. The highest BCUT2D eigenvalue weighted by molar-refractivity contribution is 5.78. The summed E-state index contributed by atoms with van der Waals surface area (Å²) in [4.78, 5) is 11.2. The average molecular weight is 252 g/mol. The molecule has 0 saturated heterocycles. The van der Waals surface area contributed by atoms with Crippen LogP contribution in [0.5, 0.6) is 0 Å². The number of rotatable bonds is 1. The second kappa shape index (κ2) is 3.82. The molecule has 19 heavy (non-hydrogen) atoms. The SMILES string of the molecule is O=c1ccc2cc(-n3nc4cc3CCC4)ccc2o1. The molecule has 2 bridgehead atoms. The van der Waals surface area contributed by atoms with Crippen molar-refractivity contribution in [3.63, 3.8) is 0 Å². The molecule has 4 rings (SSSR count). The van der Waals surface area contributed by atoms with E-state index < -0.39 is 0 Å². The van der Waals surface area contributed by atoms with Crippen LogP contribution in [0.1, 0.15) is 17.8 Å². The van der Waals surface area contributed by atoms with Gasteiger partial charge in [-0.05, 0) is 49.6 Å². The minimum absolute atomic E-state index is 0.319. The van der Waals surface area contributed by atoms with E-state index in [1.807, 2.05) is 22.9 Å². The minimum Gasteiger partial charge on any atom is -0.423 e. The summed E-state index contributed by atoms with van der Waals surface area (Å²) in [6, 6.07) is 11.2. The van der Waals surface area contributed by atoms with Crippen molar-refractivity contribution in [2.75, 3.05) is 0 Å². The van der Waals surface area contributed by atoms with Crippen molar-refractivity contribution in [3.8, 4) is 5.69 Å². The smallest absolute Gasteiger partial charge is 0.336 e. The van der Waals surface area contributed by atoms with Gasteiger partial charge in [0.15, 0.2) is 0 Å². The molecule has 1 aromatic carbocycles. The van der Waals surface area contributed by atoms with E-state index in [0.29, 0.717) is 5.58 Å². The Morgan fingerprint density at radius 2 is 2.05 bits per heavy atom. The van der Waals surface area contributed by atoms with Crippen LogP contribution >= 0.6 is 0 Å². The van der Waals surface area contributed by atoms with E-state index in [2.05, 4.69) is 11.2 Å². The zero-order valence-corrected chi connectivity index (χ0v) is 10.3. The Labute approximate surface area is 109 Å². The lowest BCUT2D eigenvalue weighted by Gasteiger charge is -2.07. The van der Waals surface area contributed by atoms with E-state index in [4.69, 9.17) is 4.42 Å². The minimum atomic E-state index is -0.319. The van der Waals surface area contributed by atoms with Gasteiger partial charge in [-0.3, -0.25) is 0 Å². The van der Waals surface area contributed by atoms with Gasteiger partial charge in [-0.1, -0.05) is 0 Å². The van der Waals surface area contributed by atoms with Gasteiger partial charge in [-0.25, -0.2) is 9.48 Å². The third-order valence-corrected chi connectivity index (χ3v) is 3.55. The molecular weight excluding hydrogens is 240 g/mol. The van der Waals surface area contributed by atoms with Crippen LogP contribution < -0.4 is 5.63 Å². The molecule has 1 aliphatic carbocycles. The highest BCUT2D eigenvalue weighted by atomic mass is 16.4. The maximum atomic E-state index is 11.2. The molecule has 0 fully saturated rings. The molecule has 94 valence electrons. The van der Waals surface area contributed by atoms with E-state index >= 15 is 0 Å². The molecule has 2 heterocycles. The number of benzene rings is 1. The van der Waals surface area contributed by atoms with Gasteiger partial charge in [-0.15, -0.1) is 0 Å². The third-order valence-electron chi connectivity index (χ3n) is 3.55. The fourth-order valence-corrected chi connectivity index (χ4v) is 2.64. The first-order chi connectivity index (χ1) is 9.29. The van der Waals surface area contributed by atoms with Gasteiger partial charge in [0.05, 0.1) is 11.4 Å². The molecule has 0 aliphatic heterocycles. The molecule has 0 radical (unpaired) electrons. The van der Waals surface area contributed by atoms with Gasteiger partial charge in [0.1, 0.15) is 5.58 Å². The topological polar surface area (TPSA) is 48.0 Å². The maximum absolute atomic E-state index is 11.2. The van der Waals surface area contributed by atoms with Gasteiger partial charge < -0.3 is 4.42 Å². The summed E-state index contributed by atoms with van der Waals surface area (Å²) in [6.07, 6.45) is 3.29. The monoisotopic (exact) mass is 252 g/mol. The van der Waals surface area contributed by atoms with Crippen LogP contribution in [-0.2, 0) is 12.8 Å². The first-order valence-corrected chi connectivity index (χ1v) is 6.42. The standard InChI is InChI=1S/C15H12N2O2/c18-15-7-4-10-8-13(5-6-14(10)19-15)17-12-3-1-2-11(9-12)16-17/h4-9H,1-3H2. The Bertz CT molecular complexity index is 830. The molecule has 4 nitrogen and oxygen atoms in total. The average Bonchev–Trinajstić information content (AvgIpc) is 2.73. The number of hydrogen-bond donors (Lipinski definition) is 0. The Balaban J connectivity index is 1.91. The van der Waals surface area contributed by atoms with Crippen LogP contribution in [0.3, 0.4) is 0 Å². The Morgan fingerprint density at radius 3 is 2.95 bits per heavy atom.